The molecule has 1 aromatic carbocycles. The number of aliphatic carboxylic acids is 1. The van der Waals surface area contributed by atoms with Crippen LogP contribution in [0.2, 0.25) is 0 Å². The Bertz CT molecular complexity index is 403. The van der Waals surface area contributed by atoms with E-state index in [1.54, 1.807) is 4.90 Å². The fraction of sp³-hybridized carbons (Fsp3) is 0.467. The van der Waals surface area contributed by atoms with Crippen LogP contribution in [0.15, 0.2) is 30.3 Å². The number of carboxylic acids is 1. The van der Waals surface area contributed by atoms with Gasteiger partial charge in [0.15, 0.2) is 0 Å². The molecular formula is C15H21NO3. The lowest BCUT2D eigenvalue weighted by Gasteiger charge is -2.22. The summed E-state index contributed by atoms with van der Waals surface area (Å²) in [5.74, 6) is -0.853. The van der Waals surface area contributed by atoms with Crippen LogP contribution in [0.4, 0.5) is 5.69 Å². The predicted octanol–water partition coefficient (Wildman–Crippen LogP) is 3.07. The van der Waals surface area contributed by atoms with Crippen LogP contribution in [-0.4, -0.2) is 23.5 Å². The normalized spacial score (nSPS) is 10.2. The van der Waals surface area contributed by atoms with Gasteiger partial charge in [-0.3, -0.25) is 9.59 Å². The van der Waals surface area contributed by atoms with E-state index in [0.29, 0.717) is 13.0 Å². The molecule has 0 heterocycles. The first kappa shape index (κ1) is 15.2. The minimum Gasteiger partial charge on any atom is -0.481 e. The Morgan fingerprint density at radius 2 is 1.79 bits per heavy atom. The molecule has 19 heavy (non-hydrogen) atoms. The van der Waals surface area contributed by atoms with Gasteiger partial charge in [0.25, 0.3) is 0 Å². The fourth-order valence-corrected chi connectivity index (χ4v) is 1.85. The van der Waals surface area contributed by atoms with Crippen molar-refractivity contribution in [1.29, 1.82) is 0 Å². The van der Waals surface area contributed by atoms with Crippen molar-refractivity contribution in [3.8, 4) is 0 Å². The summed E-state index contributed by atoms with van der Waals surface area (Å²) in [5.41, 5.74) is 0.885. The first-order valence-corrected chi connectivity index (χ1v) is 6.72. The average Bonchev–Trinajstić information content (AvgIpc) is 2.40. The first-order chi connectivity index (χ1) is 9.15. The largest absolute Gasteiger partial charge is 0.481 e. The van der Waals surface area contributed by atoms with E-state index < -0.39 is 5.97 Å². The molecule has 0 aromatic heterocycles. The predicted molar refractivity (Wildman–Crippen MR) is 75.2 cm³/mol. The number of carbonyl (C=O) groups is 2. The van der Waals surface area contributed by atoms with Crippen LogP contribution in [0.25, 0.3) is 0 Å². The number of amides is 1. The Morgan fingerprint density at radius 3 is 2.37 bits per heavy atom. The van der Waals surface area contributed by atoms with E-state index in [1.165, 1.54) is 0 Å². The number of hydrogen-bond acceptors (Lipinski definition) is 2. The molecule has 1 N–H and O–H groups in total. The van der Waals surface area contributed by atoms with Gasteiger partial charge in [-0.15, -0.1) is 0 Å². The second-order valence-corrected chi connectivity index (χ2v) is 4.48. The molecule has 1 rings (SSSR count). The molecule has 0 spiro atoms. The smallest absolute Gasteiger partial charge is 0.303 e. The van der Waals surface area contributed by atoms with Crippen LogP contribution in [-0.2, 0) is 9.59 Å². The van der Waals surface area contributed by atoms with Gasteiger partial charge >= 0.3 is 5.97 Å². The zero-order valence-corrected chi connectivity index (χ0v) is 11.3. The topological polar surface area (TPSA) is 57.6 Å². The number of rotatable bonds is 8. The van der Waals surface area contributed by atoms with E-state index in [1.807, 2.05) is 30.3 Å². The first-order valence-electron chi connectivity index (χ1n) is 6.72. The van der Waals surface area contributed by atoms with Crippen molar-refractivity contribution in [2.75, 3.05) is 11.4 Å². The number of benzene rings is 1. The molecule has 0 saturated heterocycles. The summed E-state index contributed by atoms with van der Waals surface area (Å²) < 4.78 is 0. The standard InChI is InChI=1S/C15H21NO3/c1-2-3-12-16(13-8-5-4-6-9-13)14(17)10-7-11-15(18)19/h4-6,8-9H,2-3,7,10-12H2,1H3,(H,18,19). The summed E-state index contributed by atoms with van der Waals surface area (Å²) in [7, 11) is 0. The highest BCUT2D eigenvalue weighted by Crippen LogP contribution is 2.16. The Morgan fingerprint density at radius 1 is 1.11 bits per heavy atom. The van der Waals surface area contributed by atoms with Gasteiger partial charge in [-0.25, -0.2) is 0 Å². The number of nitrogens with zero attached hydrogens (tertiary/aromatic N) is 1. The van der Waals surface area contributed by atoms with Crippen molar-refractivity contribution in [2.45, 2.75) is 39.0 Å². The molecule has 0 fully saturated rings. The molecule has 4 nitrogen and oxygen atoms in total. The van der Waals surface area contributed by atoms with E-state index >= 15 is 0 Å². The van der Waals surface area contributed by atoms with E-state index in [4.69, 9.17) is 5.11 Å². The van der Waals surface area contributed by atoms with E-state index in [-0.39, 0.29) is 18.7 Å². The van der Waals surface area contributed by atoms with Gasteiger partial charge in [0.05, 0.1) is 0 Å². The third kappa shape index (κ3) is 5.55. The van der Waals surface area contributed by atoms with E-state index in [0.717, 1.165) is 18.5 Å². The Labute approximate surface area is 114 Å². The molecule has 1 aromatic rings. The van der Waals surface area contributed by atoms with Gasteiger partial charge in [0.2, 0.25) is 5.91 Å². The number of carbonyl (C=O) groups excluding carboxylic acids is 1. The van der Waals surface area contributed by atoms with Gasteiger partial charge in [0.1, 0.15) is 0 Å². The number of para-hydroxylation sites is 1. The Hall–Kier alpha value is -1.84. The summed E-state index contributed by atoms with van der Waals surface area (Å²) in [5, 5.41) is 8.60. The highest BCUT2D eigenvalue weighted by molar-refractivity contribution is 5.93. The van der Waals surface area contributed by atoms with Gasteiger partial charge in [0, 0.05) is 25.1 Å². The third-order valence-corrected chi connectivity index (χ3v) is 2.89. The molecular weight excluding hydrogens is 242 g/mol. The highest BCUT2D eigenvalue weighted by Gasteiger charge is 2.14. The van der Waals surface area contributed by atoms with Crippen LogP contribution in [0.3, 0.4) is 0 Å². The lowest BCUT2D eigenvalue weighted by Crippen LogP contribution is -2.31. The summed E-state index contributed by atoms with van der Waals surface area (Å²) in [6.07, 6.45) is 2.68. The van der Waals surface area contributed by atoms with Crippen molar-refractivity contribution in [2.24, 2.45) is 0 Å². The molecule has 0 aliphatic rings. The molecule has 0 unspecified atom stereocenters. The monoisotopic (exact) mass is 263 g/mol. The molecule has 104 valence electrons. The minimum absolute atomic E-state index is 0.000833. The maximum Gasteiger partial charge on any atom is 0.303 e. The van der Waals surface area contributed by atoms with Gasteiger partial charge < -0.3 is 10.0 Å². The van der Waals surface area contributed by atoms with Gasteiger partial charge in [-0.2, -0.15) is 0 Å². The van der Waals surface area contributed by atoms with E-state index in [2.05, 4.69) is 6.92 Å². The molecule has 0 saturated carbocycles. The maximum atomic E-state index is 12.2. The lowest BCUT2D eigenvalue weighted by atomic mass is 10.2. The van der Waals surface area contributed by atoms with Gasteiger partial charge in [-0.05, 0) is 25.0 Å². The second-order valence-electron chi connectivity index (χ2n) is 4.48. The van der Waals surface area contributed by atoms with E-state index in [9.17, 15) is 9.59 Å². The fourth-order valence-electron chi connectivity index (χ4n) is 1.85. The molecule has 0 atom stereocenters. The number of unbranched alkanes of at least 4 members (excludes halogenated alkanes) is 1. The van der Waals surface area contributed by atoms with Crippen molar-refractivity contribution in [1.82, 2.24) is 0 Å². The van der Waals surface area contributed by atoms with Crippen LogP contribution in [0.1, 0.15) is 39.0 Å². The van der Waals surface area contributed by atoms with Crippen LogP contribution < -0.4 is 4.90 Å². The second kappa shape index (κ2) is 8.29. The van der Waals surface area contributed by atoms with Crippen molar-refractivity contribution < 1.29 is 14.7 Å². The zero-order valence-electron chi connectivity index (χ0n) is 11.3. The quantitative estimate of drug-likeness (QED) is 0.784. The van der Waals surface area contributed by atoms with Crippen LogP contribution >= 0.6 is 0 Å². The van der Waals surface area contributed by atoms with Crippen molar-refractivity contribution in [3.05, 3.63) is 30.3 Å². The number of hydrogen-bond donors (Lipinski definition) is 1. The average molecular weight is 263 g/mol. The SMILES string of the molecule is CCCCN(C(=O)CCCC(=O)O)c1ccccc1. The number of anilines is 1. The molecule has 0 radical (unpaired) electrons. The molecule has 0 bridgehead atoms. The Kier molecular flexibility index (Phi) is 6.64. The highest BCUT2D eigenvalue weighted by atomic mass is 16.4. The molecule has 0 aliphatic heterocycles. The van der Waals surface area contributed by atoms with Crippen molar-refractivity contribution >= 4 is 17.6 Å². The third-order valence-electron chi connectivity index (χ3n) is 2.89. The maximum absolute atomic E-state index is 12.2. The minimum atomic E-state index is -0.854. The number of carboxylic acid groups (broad SMARTS) is 1. The van der Waals surface area contributed by atoms with Crippen molar-refractivity contribution in [3.63, 3.8) is 0 Å². The van der Waals surface area contributed by atoms with Crippen LogP contribution in [0.5, 0.6) is 0 Å². The zero-order chi connectivity index (χ0) is 14.1. The summed E-state index contributed by atoms with van der Waals surface area (Å²) >= 11 is 0. The molecule has 1 amide bonds. The lowest BCUT2D eigenvalue weighted by molar-refractivity contribution is -0.137. The molecule has 0 aliphatic carbocycles. The van der Waals surface area contributed by atoms with Crippen LogP contribution in [0, 0.1) is 0 Å². The summed E-state index contributed by atoms with van der Waals surface area (Å²) in [6.45, 7) is 2.77. The molecule has 4 heteroatoms. The van der Waals surface area contributed by atoms with Gasteiger partial charge in [-0.1, -0.05) is 31.5 Å². The summed E-state index contributed by atoms with van der Waals surface area (Å²) in [4.78, 5) is 24.4. The Balaban J connectivity index is 2.63. The summed E-state index contributed by atoms with van der Waals surface area (Å²) in [6, 6.07) is 9.53.